The quantitative estimate of drug-likeness (QED) is 0.234. The number of rotatable bonds is 9. The molecule has 0 spiro atoms. The third kappa shape index (κ3) is 5.92. The van der Waals surface area contributed by atoms with Crippen molar-refractivity contribution in [2.75, 3.05) is 50.8 Å². The monoisotopic (exact) mass is 530 g/mol. The van der Waals surface area contributed by atoms with E-state index in [0.29, 0.717) is 24.4 Å². The third-order valence-electron chi connectivity index (χ3n) is 7.00. The number of anilines is 1. The highest BCUT2D eigenvalue weighted by Gasteiger charge is 2.18. The Labute approximate surface area is 226 Å². The van der Waals surface area contributed by atoms with Crippen LogP contribution < -0.4 is 20.5 Å². The highest BCUT2D eigenvalue weighted by atomic mass is 32.1. The average molecular weight is 531 g/mol. The molecule has 7 nitrogen and oxygen atoms in total. The second kappa shape index (κ2) is 12.3. The number of carbonyl (C=O) groups excluding carboxylic acids is 1. The zero-order valence-corrected chi connectivity index (χ0v) is 22.6. The number of hydrogen-bond acceptors (Lipinski definition) is 6. The maximum Gasteiger partial charge on any atom is 0.329 e. The fourth-order valence-corrected chi connectivity index (χ4v) is 5.76. The molecule has 198 valence electrons. The molecule has 1 fully saturated rings. The molecule has 1 saturated heterocycles. The Morgan fingerprint density at radius 1 is 1.05 bits per heavy atom. The summed E-state index contributed by atoms with van der Waals surface area (Å²) in [6.07, 6.45) is 5.68. The van der Waals surface area contributed by atoms with Crippen molar-refractivity contribution in [3.8, 4) is 5.75 Å². The van der Waals surface area contributed by atoms with Crippen LogP contribution in [0.25, 0.3) is 21.0 Å². The number of pyridine rings is 1. The lowest BCUT2D eigenvalue weighted by Gasteiger charge is -2.36. The summed E-state index contributed by atoms with van der Waals surface area (Å²) >= 11 is 1.80. The van der Waals surface area contributed by atoms with E-state index in [1.54, 1.807) is 23.5 Å². The Balaban J connectivity index is 1.10. The molecule has 3 heterocycles. The first-order valence-electron chi connectivity index (χ1n) is 13.3. The Morgan fingerprint density at radius 2 is 1.89 bits per heavy atom. The summed E-state index contributed by atoms with van der Waals surface area (Å²) < 4.78 is 8.53. The van der Waals surface area contributed by atoms with E-state index in [-0.39, 0.29) is 5.56 Å². The van der Waals surface area contributed by atoms with Gasteiger partial charge < -0.3 is 15.0 Å². The first-order valence-corrected chi connectivity index (χ1v) is 14.1. The number of nitrogens with one attached hydrogen (secondary N) is 1. The summed E-state index contributed by atoms with van der Waals surface area (Å²) in [4.78, 5) is 30.1. The second-order valence-electron chi connectivity index (χ2n) is 9.48. The van der Waals surface area contributed by atoms with Gasteiger partial charge in [0.15, 0.2) is 0 Å². The van der Waals surface area contributed by atoms with Gasteiger partial charge in [0, 0.05) is 60.6 Å². The number of ether oxygens (including phenoxy) is 1. The maximum absolute atomic E-state index is 12.6. The Hall–Kier alpha value is -3.62. The topological polar surface area (TPSA) is 66.8 Å². The van der Waals surface area contributed by atoms with Crippen LogP contribution in [0.1, 0.15) is 19.8 Å². The molecule has 0 atom stereocenters. The van der Waals surface area contributed by atoms with Gasteiger partial charge in [-0.25, -0.2) is 9.36 Å². The predicted octanol–water partition coefficient (Wildman–Crippen LogP) is 5.33. The van der Waals surface area contributed by atoms with Crippen molar-refractivity contribution in [2.24, 2.45) is 0 Å². The minimum atomic E-state index is -0.442. The molecule has 0 unspecified atom stereocenters. The number of unbranched alkanes of at least 4 members (excludes halogenated alkanes) is 1. The van der Waals surface area contributed by atoms with Crippen molar-refractivity contribution in [1.82, 2.24) is 14.8 Å². The number of fused-ring (bicyclic) bond motifs is 2. The van der Waals surface area contributed by atoms with Crippen LogP contribution in [0.4, 0.5) is 10.5 Å². The number of amides is 1. The van der Waals surface area contributed by atoms with Crippen LogP contribution in [0.3, 0.4) is 0 Å². The number of hydrogen-bond donors (Lipinski definition) is 1. The van der Waals surface area contributed by atoms with Gasteiger partial charge in [0.25, 0.3) is 5.56 Å². The number of thiophene rings is 1. The van der Waals surface area contributed by atoms with Gasteiger partial charge in [-0.15, -0.1) is 11.3 Å². The molecule has 1 N–H and O–H groups in total. The molecule has 4 aromatic rings. The molecule has 38 heavy (non-hydrogen) atoms. The van der Waals surface area contributed by atoms with Crippen molar-refractivity contribution in [3.05, 3.63) is 82.5 Å². The third-order valence-corrected chi connectivity index (χ3v) is 7.88. The molecule has 1 amide bonds. The predicted molar refractivity (Wildman–Crippen MR) is 157 cm³/mol. The van der Waals surface area contributed by atoms with Gasteiger partial charge in [0.05, 0.1) is 12.1 Å². The van der Waals surface area contributed by atoms with Gasteiger partial charge in [0.1, 0.15) is 5.75 Å². The molecule has 0 radical (unpaired) electrons. The van der Waals surface area contributed by atoms with Crippen LogP contribution in [-0.4, -0.2) is 61.4 Å². The van der Waals surface area contributed by atoms with Crippen molar-refractivity contribution in [3.63, 3.8) is 0 Å². The summed E-state index contributed by atoms with van der Waals surface area (Å²) in [5.74, 6) is 0.661. The molecule has 5 rings (SSSR count). The molecule has 0 bridgehead atoms. The summed E-state index contributed by atoms with van der Waals surface area (Å²) in [7, 11) is 0. The first kappa shape index (κ1) is 26.0. The van der Waals surface area contributed by atoms with E-state index in [2.05, 4.69) is 44.8 Å². The van der Waals surface area contributed by atoms with Crippen LogP contribution in [0.15, 0.2) is 76.9 Å². The number of aromatic nitrogens is 1. The van der Waals surface area contributed by atoms with Crippen LogP contribution in [-0.2, 0) is 0 Å². The average Bonchev–Trinajstić information content (AvgIpc) is 3.42. The molecule has 0 aliphatic carbocycles. The Kier molecular flexibility index (Phi) is 8.41. The van der Waals surface area contributed by atoms with Gasteiger partial charge in [-0.2, -0.15) is 0 Å². The molecule has 8 heteroatoms. The molecule has 2 aromatic carbocycles. The zero-order valence-electron chi connectivity index (χ0n) is 21.8. The smallest absolute Gasteiger partial charge is 0.329 e. The van der Waals surface area contributed by atoms with Crippen molar-refractivity contribution < 1.29 is 9.53 Å². The SMILES string of the molecule is C/C=C/CNC(=O)n1c(=O)ccc2ccc(OCCCCN3CCN(c4cccc5sccc45)CC3)cc21. The molecule has 2 aromatic heterocycles. The Bertz CT molecular complexity index is 1480. The standard InChI is InChI=1S/C30H34N4O3S/c1-2-3-14-31-30(36)34-27-22-24(11-9-23(27)10-12-29(34)35)37-20-5-4-15-32-16-18-33(19-17-32)26-7-6-8-28-25(26)13-21-38-28/h2-3,6-13,21-22H,4-5,14-20H2,1H3,(H,31,36)/b3-2+. The van der Waals surface area contributed by atoms with E-state index in [1.165, 1.54) is 26.4 Å². The molecule has 1 aliphatic heterocycles. The van der Waals surface area contributed by atoms with E-state index in [0.717, 1.165) is 51.0 Å². The maximum atomic E-state index is 12.6. The Morgan fingerprint density at radius 3 is 2.74 bits per heavy atom. The van der Waals surface area contributed by atoms with Gasteiger partial charge in [-0.3, -0.25) is 9.69 Å². The highest BCUT2D eigenvalue weighted by molar-refractivity contribution is 7.17. The van der Waals surface area contributed by atoms with E-state index < -0.39 is 6.03 Å². The first-order chi connectivity index (χ1) is 18.6. The summed E-state index contributed by atoms with van der Waals surface area (Å²) in [6, 6.07) is 17.1. The minimum Gasteiger partial charge on any atom is -0.494 e. The van der Waals surface area contributed by atoms with Crippen LogP contribution in [0, 0.1) is 0 Å². The zero-order chi connectivity index (χ0) is 26.3. The van der Waals surface area contributed by atoms with Crippen LogP contribution in [0.5, 0.6) is 5.75 Å². The minimum absolute atomic E-state index is 0.361. The molecule has 0 saturated carbocycles. The fourth-order valence-electron chi connectivity index (χ4n) is 4.95. The number of carbonyl (C=O) groups is 1. The van der Waals surface area contributed by atoms with E-state index >= 15 is 0 Å². The number of nitrogens with zero attached hydrogens (tertiary/aromatic N) is 3. The van der Waals surface area contributed by atoms with Gasteiger partial charge in [0.2, 0.25) is 0 Å². The van der Waals surface area contributed by atoms with Crippen molar-refractivity contribution >= 4 is 44.0 Å². The lowest BCUT2D eigenvalue weighted by atomic mass is 10.2. The number of benzene rings is 2. The number of piperazine rings is 1. The lowest BCUT2D eigenvalue weighted by Crippen LogP contribution is -2.46. The van der Waals surface area contributed by atoms with E-state index in [4.69, 9.17) is 4.74 Å². The van der Waals surface area contributed by atoms with Gasteiger partial charge >= 0.3 is 6.03 Å². The van der Waals surface area contributed by atoms with E-state index in [1.807, 2.05) is 31.2 Å². The molecular weight excluding hydrogens is 496 g/mol. The van der Waals surface area contributed by atoms with Gasteiger partial charge in [-0.1, -0.05) is 18.2 Å². The fraction of sp³-hybridized carbons (Fsp3) is 0.333. The lowest BCUT2D eigenvalue weighted by molar-refractivity contribution is 0.238. The summed E-state index contributed by atoms with van der Waals surface area (Å²) in [6.45, 7) is 8.14. The van der Waals surface area contributed by atoms with E-state index in [9.17, 15) is 9.59 Å². The molecular formula is C30H34N4O3S. The summed E-state index contributed by atoms with van der Waals surface area (Å²) in [5.41, 5.74) is 1.54. The number of allylic oxidation sites excluding steroid dienone is 1. The van der Waals surface area contributed by atoms with Crippen LogP contribution >= 0.6 is 11.3 Å². The molecule has 1 aliphatic rings. The largest absolute Gasteiger partial charge is 0.494 e. The van der Waals surface area contributed by atoms with Gasteiger partial charge in [-0.05, 0) is 73.5 Å². The van der Waals surface area contributed by atoms with Crippen molar-refractivity contribution in [2.45, 2.75) is 19.8 Å². The normalized spacial score (nSPS) is 14.5. The van der Waals surface area contributed by atoms with Crippen LogP contribution in [0.2, 0.25) is 0 Å². The van der Waals surface area contributed by atoms with Crippen molar-refractivity contribution in [1.29, 1.82) is 0 Å². The summed E-state index contributed by atoms with van der Waals surface area (Å²) in [5, 5.41) is 7.10. The highest BCUT2D eigenvalue weighted by Crippen LogP contribution is 2.31. The second-order valence-corrected chi connectivity index (χ2v) is 10.4.